The van der Waals surface area contributed by atoms with E-state index in [4.69, 9.17) is 4.84 Å². The molecule has 4 heteroatoms. The average Bonchev–Trinajstić information content (AvgIpc) is 3.26. The second kappa shape index (κ2) is 8.38. The van der Waals surface area contributed by atoms with Crippen molar-refractivity contribution in [3.8, 4) is 11.8 Å². The van der Waals surface area contributed by atoms with Crippen LogP contribution in [0.25, 0.3) is 10.9 Å². The van der Waals surface area contributed by atoms with E-state index in [0.717, 1.165) is 54.3 Å². The summed E-state index contributed by atoms with van der Waals surface area (Å²) in [4.78, 5) is 19.0. The largest absolute Gasteiger partial charge is 0.354 e. The fourth-order valence-electron chi connectivity index (χ4n) is 4.38. The first kappa shape index (κ1) is 20.3. The molecule has 1 aliphatic heterocycles. The molecule has 0 radical (unpaired) electrons. The first-order valence-electron chi connectivity index (χ1n) is 10.7. The molecule has 1 atom stereocenters. The van der Waals surface area contributed by atoms with E-state index in [9.17, 15) is 4.79 Å². The molecule has 4 rings (SSSR count). The van der Waals surface area contributed by atoms with Crippen molar-refractivity contribution in [1.29, 1.82) is 0 Å². The van der Waals surface area contributed by atoms with Crippen LogP contribution in [0.4, 0.5) is 4.79 Å². The van der Waals surface area contributed by atoms with Gasteiger partial charge in [0.05, 0.1) is 18.3 Å². The Morgan fingerprint density at radius 2 is 1.90 bits per heavy atom. The normalized spacial score (nSPS) is 17.8. The van der Waals surface area contributed by atoms with Crippen molar-refractivity contribution in [1.82, 2.24) is 9.63 Å². The Morgan fingerprint density at radius 1 is 1.10 bits per heavy atom. The molecule has 30 heavy (non-hydrogen) atoms. The lowest BCUT2D eigenvalue weighted by molar-refractivity contribution is -0.134. The third-order valence-corrected chi connectivity index (χ3v) is 5.95. The van der Waals surface area contributed by atoms with Gasteiger partial charge in [-0.25, -0.2) is 4.79 Å². The van der Waals surface area contributed by atoms with Crippen molar-refractivity contribution < 1.29 is 9.63 Å². The third kappa shape index (κ3) is 3.30. The highest BCUT2D eigenvalue weighted by atomic mass is 16.7. The number of aryl methyl sites for hydroxylation is 2. The lowest BCUT2D eigenvalue weighted by atomic mass is 9.89. The highest BCUT2D eigenvalue weighted by Crippen LogP contribution is 2.43. The van der Waals surface area contributed by atoms with Crippen molar-refractivity contribution in [2.24, 2.45) is 0 Å². The Labute approximate surface area is 178 Å². The van der Waals surface area contributed by atoms with E-state index in [0.29, 0.717) is 0 Å². The van der Waals surface area contributed by atoms with Crippen molar-refractivity contribution in [2.75, 3.05) is 7.11 Å². The minimum absolute atomic E-state index is 0.165. The van der Waals surface area contributed by atoms with Crippen LogP contribution in [0.2, 0.25) is 0 Å². The molecule has 1 amide bonds. The van der Waals surface area contributed by atoms with Gasteiger partial charge in [-0.05, 0) is 49.4 Å². The molecule has 4 nitrogen and oxygen atoms in total. The number of unbranched alkanes of at least 4 members (excludes halogenated alkanes) is 1. The number of rotatable bonds is 6. The summed E-state index contributed by atoms with van der Waals surface area (Å²) in [6.45, 7) is 4.24. The zero-order valence-corrected chi connectivity index (χ0v) is 17.9. The maximum absolute atomic E-state index is 13.3. The Hall–Kier alpha value is -3.03. The number of carbonyl (C=O) groups is 1. The van der Waals surface area contributed by atoms with Crippen LogP contribution in [0.15, 0.2) is 54.6 Å². The molecule has 3 aromatic rings. The van der Waals surface area contributed by atoms with E-state index in [2.05, 4.69) is 62.1 Å². The zero-order valence-electron chi connectivity index (χ0n) is 17.9. The second-order valence-electron chi connectivity index (χ2n) is 7.88. The van der Waals surface area contributed by atoms with Crippen molar-refractivity contribution in [3.63, 3.8) is 0 Å². The van der Waals surface area contributed by atoms with E-state index in [1.165, 1.54) is 10.6 Å². The van der Waals surface area contributed by atoms with Gasteiger partial charge in [0.25, 0.3) is 0 Å². The van der Waals surface area contributed by atoms with E-state index < -0.39 is 5.54 Å². The Kier molecular flexibility index (Phi) is 5.65. The summed E-state index contributed by atoms with van der Waals surface area (Å²) >= 11 is 0. The summed E-state index contributed by atoms with van der Waals surface area (Å²) < 4.78 is 1.79. The average molecular weight is 401 g/mol. The van der Waals surface area contributed by atoms with Gasteiger partial charge in [0, 0.05) is 11.8 Å². The molecule has 0 spiro atoms. The van der Waals surface area contributed by atoms with Crippen LogP contribution in [0.1, 0.15) is 49.4 Å². The number of nitrogens with zero attached hydrogens (tertiary/aromatic N) is 2. The first-order chi connectivity index (χ1) is 14.6. The number of hydrogen-bond acceptors (Lipinski definition) is 2. The summed E-state index contributed by atoms with van der Waals surface area (Å²) in [7, 11) is 1.56. The Morgan fingerprint density at radius 3 is 2.63 bits per heavy atom. The number of fused-ring (bicyclic) bond motifs is 3. The fraction of sp³-hybridized carbons (Fsp3) is 0.346. The third-order valence-electron chi connectivity index (χ3n) is 5.95. The summed E-state index contributed by atoms with van der Waals surface area (Å²) in [5.41, 5.74) is 3.50. The summed E-state index contributed by atoms with van der Waals surface area (Å²) in [5, 5.41) is 2.58. The van der Waals surface area contributed by atoms with Crippen molar-refractivity contribution in [2.45, 2.75) is 51.5 Å². The summed E-state index contributed by atoms with van der Waals surface area (Å²) in [6.07, 6.45) is 4.36. The number of hydrogen-bond donors (Lipinski definition) is 0. The van der Waals surface area contributed by atoms with Crippen LogP contribution in [-0.4, -0.2) is 22.8 Å². The Bertz CT molecular complexity index is 1120. The smallest absolute Gasteiger partial charge is 0.271 e. The van der Waals surface area contributed by atoms with Crippen LogP contribution in [0.5, 0.6) is 0 Å². The number of amides is 1. The molecule has 2 heterocycles. The number of carbonyl (C=O) groups excluding carboxylic acids is 1. The van der Waals surface area contributed by atoms with E-state index in [1.807, 2.05) is 18.2 Å². The maximum atomic E-state index is 13.3. The molecule has 1 aromatic heterocycles. The van der Waals surface area contributed by atoms with Gasteiger partial charge in [-0.2, -0.15) is 5.06 Å². The highest BCUT2D eigenvalue weighted by Gasteiger charge is 2.51. The van der Waals surface area contributed by atoms with Crippen LogP contribution >= 0.6 is 0 Å². The van der Waals surface area contributed by atoms with Gasteiger partial charge in [0.15, 0.2) is 5.54 Å². The van der Waals surface area contributed by atoms with Gasteiger partial charge in [0.1, 0.15) is 0 Å². The molecule has 0 N–H and O–H groups in total. The molecule has 1 unspecified atom stereocenters. The van der Waals surface area contributed by atoms with Gasteiger partial charge in [0.2, 0.25) is 0 Å². The van der Waals surface area contributed by atoms with Gasteiger partial charge in [-0.3, -0.25) is 9.40 Å². The van der Waals surface area contributed by atoms with Gasteiger partial charge >= 0.3 is 6.03 Å². The second-order valence-corrected chi connectivity index (χ2v) is 7.88. The fourth-order valence-corrected chi connectivity index (χ4v) is 4.38. The molecular weight excluding hydrogens is 372 g/mol. The monoisotopic (exact) mass is 400 g/mol. The lowest BCUT2D eigenvalue weighted by Gasteiger charge is -2.31. The predicted octanol–water partition coefficient (Wildman–Crippen LogP) is 5.82. The molecule has 0 bridgehead atoms. The maximum Gasteiger partial charge on any atom is 0.354 e. The minimum atomic E-state index is -0.760. The predicted molar refractivity (Wildman–Crippen MR) is 120 cm³/mol. The topological polar surface area (TPSA) is 34.5 Å². The van der Waals surface area contributed by atoms with E-state index in [1.54, 1.807) is 11.7 Å². The lowest BCUT2D eigenvalue weighted by Crippen LogP contribution is -2.42. The number of aromatic nitrogens is 1. The molecule has 1 aliphatic rings. The molecule has 0 aliphatic carbocycles. The molecule has 0 saturated carbocycles. The summed E-state index contributed by atoms with van der Waals surface area (Å²) in [5.74, 6) is 6.85. The number of hydroxylamine groups is 2. The van der Waals surface area contributed by atoms with Crippen LogP contribution in [-0.2, 0) is 16.8 Å². The van der Waals surface area contributed by atoms with Gasteiger partial charge in [-0.15, -0.1) is 0 Å². The summed E-state index contributed by atoms with van der Waals surface area (Å²) in [6, 6.07) is 18.4. The van der Waals surface area contributed by atoms with Crippen LogP contribution in [0, 0.1) is 18.8 Å². The van der Waals surface area contributed by atoms with Gasteiger partial charge < -0.3 is 0 Å². The van der Waals surface area contributed by atoms with E-state index in [-0.39, 0.29) is 6.03 Å². The highest BCUT2D eigenvalue weighted by molar-refractivity contribution is 5.97. The molecule has 154 valence electrons. The van der Waals surface area contributed by atoms with E-state index >= 15 is 0 Å². The minimum Gasteiger partial charge on any atom is -0.271 e. The van der Waals surface area contributed by atoms with Crippen LogP contribution in [0.3, 0.4) is 0 Å². The van der Waals surface area contributed by atoms with Crippen molar-refractivity contribution in [3.05, 3.63) is 71.4 Å². The zero-order chi connectivity index (χ0) is 21.1. The van der Waals surface area contributed by atoms with Gasteiger partial charge in [-0.1, -0.05) is 67.6 Å². The molecular formula is C26H28N2O2. The SMILES string of the molecule is CCCCC1(C#CCCc2ccccc2)c2cc3c(C)cccc3n2C(=O)N1OC. The first-order valence-corrected chi connectivity index (χ1v) is 10.7. The van der Waals surface area contributed by atoms with Crippen LogP contribution < -0.4 is 0 Å². The molecule has 0 saturated heterocycles. The van der Waals surface area contributed by atoms with Crippen molar-refractivity contribution >= 4 is 16.9 Å². The number of benzene rings is 2. The Balaban J connectivity index is 1.78. The standard InChI is InChI=1S/C26H28N2O2/c1-4-5-17-26(18-10-9-15-21-13-7-6-8-14-21)24-19-22-20(2)12-11-16-23(22)27(24)25(29)28(26)30-3/h6-8,11-14,16,19H,4-5,9,15,17H2,1-3H3. The molecule has 2 aromatic carbocycles. The quantitative estimate of drug-likeness (QED) is 0.489. The molecule has 0 fully saturated rings.